The molecular weight excluding hydrogens is 381 g/mol. The number of sulfone groups is 1. The lowest BCUT2D eigenvalue weighted by molar-refractivity contribution is 0.459. The number of hydrogen-bond donors (Lipinski definition) is 0. The van der Waals surface area contributed by atoms with Gasteiger partial charge in [0.05, 0.1) is 10.9 Å². The first kappa shape index (κ1) is 19.8. The largest absolute Gasteiger partial charge is 0.439 e. The number of benzene rings is 2. The summed E-state index contributed by atoms with van der Waals surface area (Å²) >= 11 is 0. The van der Waals surface area contributed by atoms with Crippen molar-refractivity contribution in [3.63, 3.8) is 0 Å². The van der Waals surface area contributed by atoms with Crippen molar-refractivity contribution in [2.24, 2.45) is 0 Å². The molecule has 0 aliphatic carbocycles. The maximum Gasteiger partial charge on any atom is 0.228 e. The standard InChI is InChI=1S/C20H20FN3O3S/c1-14(15-4-10-18(11-5-15)28(3,25)26)24(2)20-22-13-12-19(23-20)27-17-8-6-16(21)7-9-17/h4-14H,1-3H3. The van der Waals surface area contributed by atoms with Crippen molar-refractivity contribution in [2.75, 3.05) is 18.2 Å². The summed E-state index contributed by atoms with van der Waals surface area (Å²) in [6.07, 6.45) is 2.76. The van der Waals surface area contributed by atoms with Crippen LogP contribution in [0.2, 0.25) is 0 Å². The molecule has 0 saturated carbocycles. The van der Waals surface area contributed by atoms with Gasteiger partial charge in [-0.25, -0.2) is 17.8 Å². The molecule has 3 aromatic rings. The van der Waals surface area contributed by atoms with E-state index in [4.69, 9.17) is 4.74 Å². The summed E-state index contributed by atoms with van der Waals surface area (Å²) in [5.74, 6) is 0.909. The van der Waals surface area contributed by atoms with Gasteiger partial charge in [0.2, 0.25) is 11.8 Å². The monoisotopic (exact) mass is 401 g/mol. The molecule has 1 heterocycles. The lowest BCUT2D eigenvalue weighted by atomic mass is 10.1. The predicted octanol–water partition coefficient (Wildman–Crippen LogP) is 4.01. The number of rotatable bonds is 6. The lowest BCUT2D eigenvalue weighted by Gasteiger charge is -2.25. The third kappa shape index (κ3) is 4.64. The quantitative estimate of drug-likeness (QED) is 0.621. The van der Waals surface area contributed by atoms with Crippen LogP contribution in [-0.4, -0.2) is 31.7 Å². The van der Waals surface area contributed by atoms with Crippen LogP contribution in [0.15, 0.2) is 65.7 Å². The highest BCUT2D eigenvalue weighted by Gasteiger charge is 2.16. The van der Waals surface area contributed by atoms with Crippen LogP contribution in [0.4, 0.5) is 10.3 Å². The second kappa shape index (κ2) is 7.93. The Morgan fingerprint density at radius 3 is 2.29 bits per heavy atom. The van der Waals surface area contributed by atoms with E-state index in [1.807, 2.05) is 18.9 Å². The number of nitrogens with zero attached hydrogens (tertiary/aromatic N) is 3. The first-order valence-electron chi connectivity index (χ1n) is 8.53. The van der Waals surface area contributed by atoms with Crippen LogP contribution in [0.3, 0.4) is 0 Å². The first-order chi connectivity index (χ1) is 13.2. The van der Waals surface area contributed by atoms with Crippen LogP contribution in [0.5, 0.6) is 11.6 Å². The Labute approximate surface area is 163 Å². The minimum atomic E-state index is -3.23. The number of halogens is 1. The van der Waals surface area contributed by atoms with E-state index < -0.39 is 9.84 Å². The molecule has 1 aromatic heterocycles. The van der Waals surface area contributed by atoms with E-state index >= 15 is 0 Å². The van der Waals surface area contributed by atoms with Gasteiger partial charge in [0.25, 0.3) is 0 Å². The van der Waals surface area contributed by atoms with Crippen LogP contribution in [0.1, 0.15) is 18.5 Å². The van der Waals surface area contributed by atoms with Gasteiger partial charge in [-0.05, 0) is 48.9 Å². The first-order valence-corrected chi connectivity index (χ1v) is 10.4. The second-order valence-corrected chi connectivity index (χ2v) is 8.39. The van der Waals surface area contributed by atoms with Gasteiger partial charge in [-0.1, -0.05) is 12.1 Å². The zero-order chi connectivity index (χ0) is 20.3. The van der Waals surface area contributed by atoms with Crippen LogP contribution < -0.4 is 9.64 Å². The molecule has 0 radical (unpaired) electrons. The summed E-state index contributed by atoms with van der Waals surface area (Å²) in [6, 6.07) is 13.9. The van der Waals surface area contributed by atoms with E-state index in [1.165, 1.54) is 30.5 Å². The SMILES string of the molecule is CC(c1ccc(S(C)(=O)=O)cc1)N(C)c1nccc(Oc2ccc(F)cc2)n1. The van der Waals surface area contributed by atoms with E-state index in [-0.39, 0.29) is 16.8 Å². The maximum atomic E-state index is 13.0. The van der Waals surface area contributed by atoms with Crippen molar-refractivity contribution < 1.29 is 17.5 Å². The van der Waals surface area contributed by atoms with Gasteiger partial charge in [-0.3, -0.25) is 0 Å². The number of hydrogen-bond acceptors (Lipinski definition) is 6. The molecule has 146 valence electrons. The predicted molar refractivity (Wildman–Crippen MR) is 105 cm³/mol. The lowest BCUT2D eigenvalue weighted by Crippen LogP contribution is -2.23. The van der Waals surface area contributed by atoms with E-state index in [0.717, 1.165) is 5.56 Å². The van der Waals surface area contributed by atoms with Crippen molar-refractivity contribution in [2.45, 2.75) is 17.9 Å². The summed E-state index contributed by atoms with van der Waals surface area (Å²) in [4.78, 5) is 10.8. The topological polar surface area (TPSA) is 72.4 Å². The fraction of sp³-hybridized carbons (Fsp3) is 0.200. The third-order valence-electron chi connectivity index (χ3n) is 4.34. The summed E-state index contributed by atoms with van der Waals surface area (Å²) < 4.78 is 41.9. The minimum Gasteiger partial charge on any atom is -0.439 e. The molecule has 0 aliphatic heterocycles. The molecule has 1 unspecified atom stereocenters. The van der Waals surface area contributed by atoms with Crippen LogP contribution >= 0.6 is 0 Å². The summed E-state index contributed by atoms with van der Waals surface area (Å²) in [7, 11) is -1.39. The van der Waals surface area contributed by atoms with Crippen LogP contribution in [-0.2, 0) is 9.84 Å². The van der Waals surface area contributed by atoms with Crippen LogP contribution in [0.25, 0.3) is 0 Å². The normalized spacial score (nSPS) is 12.4. The fourth-order valence-corrected chi connectivity index (χ4v) is 3.20. The molecule has 3 rings (SSSR count). The molecule has 1 atom stereocenters. The summed E-state index contributed by atoms with van der Waals surface area (Å²) in [6.45, 7) is 1.96. The average Bonchev–Trinajstić information content (AvgIpc) is 2.68. The Bertz CT molecular complexity index is 1050. The maximum absolute atomic E-state index is 13.0. The van der Waals surface area contributed by atoms with Gasteiger partial charge in [-0.15, -0.1) is 0 Å². The van der Waals surface area contributed by atoms with Gasteiger partial charge in [0, 0.05) is 25.6 Å². The Balaban J connectivity index is 1.78. The molecule has 2 aromatic carbocycles. The Kier molecular flexibility index (Phi) is 5.60. The number of aromatic nitrogens is 2. The third-order valence-corrected chi connectivity index (χ3v) is 5.47. The van der Waals surface area contributed by atoms with Crippen molar-refractivity contribution in [3.8, 4) is 11.6 Å². The fourth-order valence-electron chi connectivity index (χ4n) is 2.57. The summed E-state index contributed by atoms with van der Waals surface area (Å²) in [5, 5.41) is 0. The highest BCUT2D eigenvalue weighted by atomic mass is 32.2. The molecule has 0 spiro atoms. The van der Waals surface area contributed by atoms with Gasteiger partial charge in [0.15, 0.2) is 9.84 Å². The molecule has 0 saturated heterocycles. The van der Waals surface area contributed by atoms with Gasteiger partial charge in [0.1, 0.15) is 11.6 Å². The zero-order valence-electron chi connectivity index (χ0n) is 15.7. The van der Waals surface area contributed by atoms with Crippen molar-refractivity contribution >= 4 is 15.8 Å². The Hall–Kier alpha value is -3.00. The average molecular weight is 401 g/mol. The Morgan fingerprint density at radius 2 is 1.68 bits per heavy atom. The molecule has 28 heavy (non-hydrogen) atoms. The molecule has 0 N–H and O–H groups in total. The minimum absolute atomic E-state index is 0.102. The van der Waals surface area contributed by atoms with Crippen LogP contribution in [0, 0.1) is 5.82 Å². The van der Waals surface area contributed by atoms with E-state index in [0.29, 0.717) is 17.6 Å². The van der Waals surface area contributed by atoms with Crippen molar-refractivity contribution in [1.29, 1.82) is 0 Å². The zero-order valence-corrected chi connectivity index (χ0v) is 16.5. The van der Waals surface area contributed by atoms with Crippen molar-refractivity contribution in [1.82, 2.24) is 9.97 Å². The smallest absolute Gasteiger partial charge is 0.228 e. The van der Waals surface area contributed by atoms with Gasteiger partial charge in [-0.2, -0.15) is 4.98 Å². The molecule has 6 nitrogen and oxygen atoms in total. The van der Waals surface area contributed by atoms with E-state index in [2.05, 4.69) is 9.97 Å². The number of ether oxygens (including phenoxy) is 1. The van der Waals surface area contributed by atoms with E-state index in [1.54, 1.807) is 36.5 Å². The molecule has 0 amide bonds. The number of anilines is 1. The highest BCUT2D eigenvalue weighted by molar-refractivity contribution is 7.90. The van der Waals surface area contributed by atoms with Gasteiger partial charge < -0.3 is 9.64 Å². The Morgan fingerprint density at radius 1 is 1.04 bits per heavy atom. The molecule has 0 bridgehead atoms. The van der Waals surface area contributed by atoms with Gasteiger partial charge >= 0.3 is 0 Å². The molecule has 8 heteroatoms. The molecule has 0 fully saturated rings. The van der Waals surface area contributed by atoms with E-state index in [9.17, 15) is 12.8 Å². The van der Waals surface area contributed by atoms with Crippen molar-refractivity contribution in [3.05, 3.63) is 72.2 Å². The summed E-state index contributed by atoms with van der Waals surface area (Å²) in [5.41, 5.74) is 0.920. The highest BCUT2D eigenvalue weighted by Crippen LogP contribution is 2.26. The molecule has 0 aliphatic rings. The second-order valence-electron chi connectivity index (χ2n) is 6.38. The molecular formula is C20H20FN3O3S.